The molecule has 8 nitrogen and oxygen atoms in total. The SMILES string of the molecule is CCOc1ccc(CNC(=O)c2ccn(Cn3nc(C)c(Cl)c3C)n2)cc1OCC. The van der Waals surface area contributed by atoms with Crippen LogP contribution in [0.15, 0.2) is 30.5 Å². The average molecular weight is 432 g/mol. The number of carbonyl (C=O) groups excluding carboxylic acids is 1. The predicted octanol–water partition coefficient (Wildman–Crippen LogP) is 3.58. The lowest BCUT2D eigenvalue weighted by Crippen LogP contribution is -2.23. The molecule has 0 aliphatic heterocycles. The number of nitrogens with zero attached hydrogens (tertiary/aromatic N) is 4. The van der Waals surface area contributed by atoms with Gasteiger partial charge in [0.2, 0.25) is 0 Å². The van der Waals surface area contributed by atoms with Crippen molar-refractivity contribution < 1.29 is 14.3 Å². The maximum atomic E-state index is 12.5. The van der Waals surface area contributed by atoms with Crippen molar-refractivity contribution in [3.8, 4) is 11.5 Å². The standard InChI is InChI=1S/C21H26ClN5O3/c1-5-29-18-8-7-16(11-19(18)30-6-2)12-23-21(28)17-9-10-26(25-17)13-27-15(4)20(22)14(3)24-27/h7-11H,5-6,12-13H2,1-4H3,(H,23,28). The van der Waals surface area contributed by atoms with E-state index in [2.05, 4.69) is 15.5 Å². The van der Waals surface area contributed by atoms with Crippen LogP contribution in [0.5, 0.6) is 11.5 Å². The van der Waals surface area contributed by atoms with Crippen LogP contribution in [0.1, 0.15) is 41.3 Å². The van der Waals surface area contributed by atoms with Crippen LogP contribution in [-0.4, -0.2) is 38.7 Å². The fourth-order valence-corrected chi connectivity index (χ4v) is 3.13. The molecule has 1 N–H and O–H groups in total. The number of hydrogen-bond acceptors (Lipinski definition) is 5. The highest BCUT2D eigenvalue weighted by Crippen LogP contribution is 2.28. The molecule has 0 aliphatic rings. The number of ether oxygens (including phenoxy) is 2. The smallest absolute Gasteiger partial charge is 0.272 e. The van der Waals surface area contributed by atoms with Gasteiger partial charge in [-0.1, -0.05) is 17.7 Å². The van der Waals surface area contributed by atoms with Crippen molar-refractivity contribution in [1.82, 2.24) is 24.9 Å². The van der Waals surface area contributed by atoms with E-state index < -0.39 is 0 Å². The third kappa shape index (κ3) is 4.94. The van der Waals surface area contributed by atoms with Crippen LogP contribution in [0.4, 0.5) is 0 Å². The zero-order valence-corrected chi connectivity index (χ0v) is 18.4. The van der Waals surface area contributed by atoms with Crippen molar-refractivity contribution in [3.05, 3.63) is 58.1 Å². The Morgan fingerprint density at radius 1 is 1.10 bits per heavy atom. The number of rotatable bonds is 9. The first-order valence-electron chi connectivity index (χ1n) is 9.82. The summed E-state index contributed by atoms with van der Waals surface area (Å²) >= 11 is 6.18. The van der Waals surface area contributed by atoms with Crippen molar-refractivity contribution in [2.75, 3.05) is 13.2 Å². The van der Waals surface area contributed by atoms with E-state index in [-0.39, 0.29) is 5.91 Å². The summed E-state index contributed by atoms with van der Waals surface area (Å²) in [5.74, 6) is 1.10. The Morgan fingerprint density at radius 3 is 2.50 bits per heavy atom. The molecule has 0 radical (unpaired) electrons. The van der Waals surface area contributed by atoms with E-state index in [1.54, 1.807) is 21.6 Å². The molecule has 160 valence electrons. The molecule has 9 heteroatoms. The molecule has 2 heterocycles. The van der Waals surface area contributed by atoms with Gasteiger partial charge in [-0.3, -0.25) is 9.48 Å². The Kier molecular flexibility index (Phi) is 6.99. The molecule has 1 amide bonds. The molecule has 0 fully saturated rings. The van der Waals surface area contributed by atoms with Crippen LogP contribution in [-0.2, 0) is 13.2 Å². The van der Waals surface area contributed by atoms with Gasteiger partial charge in [-0.15, -0.1) is 0 Å². The zero-order valence-electron chi connectivity index (χ0n) is 17.6. The summed E-state index contributed by atoms with van der Waals surface area (Å²) in [6.45, 7) is 9.41. The fraction of sp³-hybridized carbons (Fsp3) is 0.381. The van der Waals surface area contributed by atoms with Crippen LogP contribution >= 0.6 is 11.6 Å². The van der Waals surface area contributed by atoms with Gasteiger partial charge in [0, 0.05) is 12.7 Å². The first-order valence-corrected chi connectivity index (χ1v) is 10.2. The summed E-state index contributed by atoms with van der Waals surface area (Å²) in [7, 11) is 0. The lowest BCUT2D eigenvalue weighted by Gasteiger charge is -2.12. The number of hydrogen-bond donors (Lipinski definition) is 1. The summed E-state index contributed by atoms with van der Waals surface area (Å²) in [5, 5.41) is 12.2. The first-order chi connectivity index (χ1) is 14.4. The topological polar surface area (TPSA) is 83.2 Å². The van der Waals surface area contributed by atoms with Gasteiger partial charge in [0.25, 0.3) is 5.91 Å². The number of aryl methyl sites for hydroxylation is 1. The van der Waals surface area contributed by atoms with E-state index in [1.165, 1.54) is 0 Å². The Labute approximate surface area is 180 Å². The van der Waals surface area contributed by atoms with Crippen LogP contribution in [0, 0.1) is 13.8 Å². The summed E-state index contributed by atoms with van der Waals surface area (Å²) in [5.41, 5.74) is 2.86. The Morgan fingerprint density at radius 2 is 1.83 bits per heavy atom. The van der Waals surface area contributed by atoms with Gasteiger partial charge in [-0.2, -0.15) is 10.2 Å². The van der Waals surface area contributed by atoms with E-state index in [0.29, 0.717) is 48.6 Å². The maximum Gasteiger partial charge on any atom is 0.272 e. The molecule has 0 aliphatic carbocycles. The predicted molar refractivity (Wildman–Crippen MR) is 114 cm³/mol. The van der Waals surface area contributed by atoms with Gasteiger partial charge in [-0.05, 0) is 51.5 Å². The van der Waals surface area contributed by atoms with Gasteiger partial charge >= 0.3 is 0 Å². The van der Waals surface area contributed by atoms with E-state index in [1.807, 2.05) is 45.9 Å². The summed E-state index contributed by atoms with van der Waals surface area (Å²) in [6.07, 6.45) is 1.74. The van der Waals surface area contributed by atoms with Gasteiger partial charge in [-0.25, -0.2) is 4.68 Å². The molecule has 0 saturated carbocycles. The molecule has 0 bridgehead atoms. The summed E-state index contributed by atoms with van der Waals surface area (Å²) < 4.78 is 14.6. The lowest BCUT2D eigenvalue weighted by atomic mass is 10.2. The quantitative estimate of drug-likeness (QED) is 0.559. The zero-order chi connectivity index (χ0) is 21.7. The van der Waals surface area contributed by atoms with E-state index in [4.69, 9.17) is 21.1 Å². The largest absolute Gasteiger partial charge is 0.490 e. The monoisotopic (exact) mass is 431 g/mol. The van der Waals surface area contributed by atoms with Crippen LogP contribution in [0.2, 0.25) is 5.02 Å². The Balaban J connectivity index is 1.63. The van der Waals surface area contributed by atoms with Gasteiger partial charge in [0.15, 0.2) is 11.5 Å². The van der Waals surface area contributed by atoms with Crippen LogP contribution < -0.4 is 14.8 Å². The van der Waals surface area contributed by atoms with Crippen molar-refractivity contribution in [2.24, 2.45) is 0 Å². The molecule has 2 aromatic heterocycles. The molecule has 0 atom stereocenters. The fourth-order valence-electron chi connectivity index (χ4n) is 2.99. The number of benzene rings is 1. The minimum Gasteiger partial charge on any atom is -0.490 e. The van der Waals surface area contributed by atoms with Gasteiger partial charge in [0.05, 0.1) is 29.6 Å². The number of nitrogens with one attached hydrogen (secondary N) is 1. The number of aromatic nitrogens is 4. The van der Waals surface area contributed by atoms with Crippen molar-refractivity contribution in [3.63, 3.8) is 0 Å². The molecular weight excluding hydrogens is 406 g/mol. The second-order valence-corrected chi connectivity index (χ2v) is 7.07. The molecule has 30 heavy (non-hydrogen) atoms. The molecule has 0 spiro atoms. The molecule has 1 aromatic carbocycles. The third-order valence-electron chi connectivity index (χ3n) is 4.51. The Bertz CT molecular complexity index is 1030. The highest BCUT2D eigenvalue weighted by Gasteiger charge is 2.13. The number of amides is 1. The second-order valence-electron chi connectivity index (χ2n) is 6.70. The van der Waals surface area contributed by atoms with Crippen molar-refractivity contribution in [1.29, 1.82) is 0 Å². The van der Waals surface area contributed by atoms with Crippen LogP contribution in [0.3, 0.4) is 0 Å². The number of halogens is 1. The van der Waals surface area contributed by atoms with Gasteiger partial charge in [0.1, 0.15) is 12.4 Å². The highest BCUT2D eigenvalue weighted by molar-refractivity contribution is 6.31. The molecule has 3 rings (SSSR count). The molecule has 3 aromatic rings. The third-order valence-corrected chi connectivity index (χ3v) is 5.05. The molecule has 0 saturated heterocycles. The first kappa shape index (κ1) is 21.7. The van der Waals surface area contributed by atoms with E-state index in [9.17, 15) is 4.79 Å². The summed E-state index contributed by atoms with van der Waals surface area (Å²) in [4.78, 5) is 12.5. The summed E-state index contributed by atoms with van der Waals surface area (Å²) in [6, 6.07) is 7.30. The van der Waals surface area contributed by atoms with Gasteiger partial charge < -0.3 is 14.8 Å². The van der Waals surface area contributed by atoms with Crippen molar-refractivity contribution in [2.45, 2.75) is 40.9 Å². The lowest BCUT2D eigenvalue weighted by molar-refractivity contribution is 0.0945. The molecule has 0 unspecified atom stereocenters. The second kappa shape index (κ2) is 9.67. The molecular formula is C21H26ClN5O3. The van der Waals surface area contributed by atoms with Crippen LogP contribution in [0.25, 0.3) is 0 Å². The van der Waals surface area contributed by atoms with E-state index >= 15 is 0 Å². The highest BCUT2D eigenvalue weighted by atomic mass is 35.5. The van der Waals surface area contributed by atoms with Crippen molar-refractivity contribution >= 4 is 17.5 Å². The minimum atomic E-state index is -0.257. The maximum absolute atomic E-state index is 12.5. The Hall–Kier alpha value is -3.00. The minimum absolute atomic E-state index is 0.257. The average Bonchev–Trinajstić information content (AvgIpc) is 3.29. The number of carbonyl (C=O) groups is 1. The van der Waals surface area contributed by atoms with E-state index in [0.717, 1.165) is 17.0 Å². The normalized spacial score (nSPS) is 10.8.